The minimum Gasteiger partial charge on any atom is -0.369 e. The van der Waals surface area contributed by atoms with Gasteiger partial charge in [0, 0.05) is 18.3 Å². The van der Waals surface area contributed by atoms with Crippen LogP contribution in [0.1, 0.15) is 57.9 Å². The van der Waals surface area contributed by atoms with Gasteiger partial charge in [-0.1, -0.05) is 44.5 Å². The molecule has 1 heterocycles. The van der Waals surface area contributed by atoms with E-state index in [0.29, 0.717) is 5.41 Å². The van der Waals surface area contributed by atoms with Gasteiger partial charge < -0.3 is 4.90 Å². The molecule has 2 aliphatic rings. The van der Waals surface area contributed by atoms with Crippen molar-refractivity contribution < 1.29 is 0 Å². The second kappa shape index (κ2) is 5.30. The van der Waals surface area contributed by atoms with E-state index in [9.17, 15) is 0 Å². The van der Waals surface area contributed by atoms with Crippen LogP contribution in [0.5, 0.6) is 0 Å². The van der Waals surface area contributed by atoms with Crippen LogP contribution in [-0.4, -0.2) is 12.6 Å². The molecule has 1 atom stereocenters. The predicted octanol–water partition coefficient (Wildman–Crippen LogP) is 5.66. The Balaban J connectivity index is 1.81. The van der Waals surface area contributed by atoms with Gasteiger partial charge >= 0.3 is 0 Å². The lowest BCUT2D eigenvalue weighted by Gasteiger charge is -2.28. The molecule has 2 aromatic carbocycles. The average Bonchev–Trinajstić information content (AvgIpc) is 3.11. The lowest BCUT2D eigenvalue weighted by Crippen LogP contribution is -2.29. The average molecular weight is 293 g/mol. The molecule has 2 fully saturated rings. The fourth-order valence-electron chi connectivity index (χ4n) is 4.23. The fourth-order valence-corrected chi connectivity index (χ4v) is 4.23. The van der Waals surface area contributed by atoms with Crippen molar-refractivity contribution in [2.45, 2.75) is 63.8 Å². The topological polar surface area (TPSA) is 3.24 Å². The molecule has 1 unspecified atom stereocenters. The zero-order valence-electron chi connectivity index (χ0n) is 13.9. The number of rotatable bonds is 4. The lowest BCUT2D eigenvalue weighted by molar-refractivity contribution is 0.600. The predicted molar refractivity (Wildman–Crippen MR) is 95.8 cm³/mol. The first-order chi connectivity index (χ1) is 10.7. The first kappa shape index (κ1) is 14.1. The molecule has 1 aliphatic carbocycles. The van der Waals surface area contributed by atoms with Crippen molar-refractivity contribution in [2.24, 2.45) is 0 Å². The van der Waals surface area contributed by atoms with E-state index in [1.807, 2.05) is 0 Å². The normalized spacial score (nSPS) is 23.2. The number of anilines is 1. The maximum atomic E-state index is 2.69. The Morgan fingerprint density at radius 2 is 2.00 bits per heavy atom. The molecule has 1 saturated heterocycles. The maximum Gasteiger partial charge on any atom is 0.0378 e. The van der Waals surface area contributed by atoms with Crippen molar-refractivity contribution in [3.63, 3.8) is 0 Å². The number of hydrogen-bond acceptors (Lipinski definition) is 1. The van der Waals surface area contributed by atoms with Crippen LogP contribution in [0.25, 0.3) is 10.8 Å². The summed E-state index contributed by atoms with van der Waals surface area (Å²) in [6.45, 7) is 5.98. The second-order valence-electron chi connectivity index (χ2n) is 7.55. The second-order valence-corrected chi connectivity index (χ2v) is 7.55. The van der Waals surface area contributed by atoms with Gasteiger partial charge in [0.25, 0.3) is 0 Å². The van der Waals surface area contributed by atoms with Gasteiger partial charge in [-0.15, -0.1) is 0 Å². The minimum absolute atomic E-state index is 0.426. The molecule has 0 radical (unpaired) electrons. The summed E-state index contributed by atoms with van der Waals surface area (Å²) in [6.07, 6.45) is 8.04. The Kier molecular flexibility index (Phi) is 3.40. The molecule has 2 aromatic rings. The summed E-state index contributed by atoms with van der Waals surface area (Å²) in [5, 5.41) is 2.89. The van der Waals surface area contributed by atoms with Crippen LogP contribution < -0.4 is 4.90 Å². The van der Waals surface area contributed by atoms with E-state index in [1.165, 1.54) is 61.5 Å². The van der Waals surface area contributed by atoms with E-state index < -0.39 is 0 Å². The fraction of sp³-hybridized carbons (Fsp3) is 0.524. The Bertz CT molecular complexity index is 683. The summed E-state index contributed by atoms with van der Waals surface area (Å²) in [7, 11) is 0. The first-order valence-corrected chi connectivity index (χ1v) is 9.01. The SMILES string of the molecule is CCCC1CCCN1c1cc(C2(C)CC2)c2ccccc2c1. The van der Waals surface area contributed by atoms with E-state index in [4.69, 9.17) is 0 Å². The van der Waals surface area contributed by atoms with Gasteiger partial charge in [-0.05, 0) is 66.0 Å². The van der Waals surface area contributed by atoms with Crippen molar-refractivity contribution >= 4 is 16.5 Å². The van der Waals surface area contributed by atoms with Gasteiger partial charge in [0.15, 0.2) is 0 Å². The van der Waals surface area contributed by atoms with Crippen molar-refractivity contribution in [3.8, 4) is 0 Å². The van der Waals surface area contributed by atoms with Crippen molar-refractivity contribution in [3.05, 3.63) is 42.0 Å². The molecule has 116 valence electrons. The smallest absolute Gasteiger partial charge is 0.0378 e. The molecule has 1 heteroatoms. The Hall–Kier alpha value is -1.50. The third kappa shape index (κ3) is 2.31. The van der Waals surface area contributed by atoms with Crippen LogP contribution in [0.15, 0.2) is 36.4 Å². The van der Waals surface area contributed by atoms with E-state index in [-0.39, 0.29) is 0 Å². The summed E-state index contributed by atoms with van der Waals surface area (Å²) in [5.41, 5.74) is 3.48. The Morgan fingerprint density at radius 3 is 2.77 bits per heavy atom. The molecule has 0 bridgehead atoms. The Morgan fingerprint density at radius 1 is 1.18 bits per heavy atom. The van der Waals surface area contributed by atoms with E-state index in [1.54, 1.807) is 5.56 Å². The molecular weight excluding hydrogens is 266 g/mol. The van der Waals surface area contributed by atoms with Gasteiger partial charge in [0.05, 0.1) is 0 Å². The highest BCUT2D eigenvalue weighted by Gasteiger charge is 2.40. The van der Waals surface area contributed by atoms with Crippen LogP contribution in [0.4, 0.5) is 5.69 Å². The van der Waals surface area contributed by atoms with Gasteiger partial charge in [0.2, 0.25) is 0 Å². The monoisotopic (exact) mass is 293 g/mol. The van der Waals surface area contributed by atoms with Crippen molar-refractivity contribution in [2.75, 3.05) is 11.4 Å². The number of fused-ring (bicyclic) bond motifs is 1. The maximum absolute atomic E-state index is 2.69. The Labute approximate surface area is 134 Å². The summed E-state index contributed by atoms with van der Waals surface area (Å²) < 4.78 is 0. The van der Waals surface area contributed by atoms with E-state index >= 15 is 0 Å². The van der Waals surface area contributed by atoms with Crippen molar-refractivity contribution in [1.29, 1.82) is 0 Å². The first-order valence-electron chi connectivity index (χ1n) is 9.01. The van der Waals surface area contributed by atoms with Crippen LogP contribution in [0, 0.1) is 0 Å². The molecule has 1 saturated carbocycles. The molecule has 1 aliphatic heterocycles. The minimum atomic E-state index is 0.426. The highest BCUT2D eigenvalue weighted by Crippen LogP contribution is 2.51. The quantitative estimate of drug-likeness (QED) is 0.703. The van der Waals surface area contributed by atoms with Crippen LogP contribution in [0.2, 0.25) is 0 Å². The third-order valence-corrected chi connectivity index (χ3v) is 5.83. The molecule has 0 amide bonds. The highest BCUT2D eigenvalue weighted by atomic mass is 15.2. The highest BCUT2D eigenvalue weighted by molar-refractivity contribution is 5.90. The van der Waals surface area contributed by atoms with Gasteiger partial charge in [-0.3, -0.25) is 0 Å². The summed E-state index contributed by atoms with van der Waals surface area (Å²) in [4.78, 5) is 2.69. The van der Waals surface area contributed by atoms with E-state index in [2.05, 4.69) is 55.1 Å². The molecule has 4 rings (SSSR count). The summed E-state index contributed by atoms with van der Waals surface area (Å²) in [6, 6.07) is 14.7. The number of nitrogens with zero attached hydrogens (tertiary/aromatic N) is 1. The van der Waals surface area contributed by atoms with Crippen LogP contribution in [0.3, 0.4) is 0 Å². The van der Waals surface area contributed by atoms with E-state index in [0.717, 1.165) is 6.04 Å². The molecule has 1 nitrogen and oxygen atoms in total. The zero-order valence-corrected chi connectivity index (χ0v) is 13.9. The van der Waals surface area contributed by atoms with Crippen molar-refractivity contribution in [1.82, 2.24) is 0 Å². The molecule has 0 aromatic heterocycles. The largest absolute Gasteiger partial charge is 0.369 e. The lowest BCUT2D eigenvalue weighted by atomic mass is 9.91. The summed E-state index contributed by atoms with van der Waals surface area (Å²) >= 11 is 0. The van der Waals surface area contributed by atoms with Gasteiger partial charge in [-0.2, -0.15) is 0 Å². The van der Waals surface area contributed by atoms with Crippen LogP contribution >= 0.6 is 0 Å². The van der Waals surface area contributed by atoms with Gasteiger partial charge in [-0.25, -0.2) is 0 Å². The van der Waals surface area contributed by atoms with Crippen LogP contribution in [-0.2, 0) is 5.41 Å². The number of hydrogen-bond donors (Lipinski definition) is 0. The molecule has 0 N–H and O–H groups in total. The van der Waals surface area contributed by atoms with Gasteiger partial charge in [0.1, 0.15) is 0 Å². The molecule has 22 heavy (non-hydrogen) atoms. The molecule has 0 spiro atoms. The summed E-state index contributed by atoms with van der Waals surface area (Å²) in [5.74, 6) is 0. The number of benzene rings is 2. The standard InChI is InChI=1S/C21H27N/c1-3-7-17-9-6-13-22(17)18-14-16-8-4-5-10-19(16)20(15-18)21(2)11-12-21/h4-5,8,10,14-15,17H,3,6-7,9,11-13H2,1-2H3. The third-order valence-electron chi connectivity index (χ3n) is 5.83. The molecular formula is C21H27N. The zero-order chi connectivity index (χ0) is 15.2.